The first-order valence-electron chi connectivity index (χ1n) is 5.41. The number of methoxy groups -OCH3 is 1. The highest BCUT2D eigenvalue weighted by Gasteiger charge is 2.08. The molecule has 4 nitrogen and oxygen atoms in total. The third-order valence-electron chi connectivity index (χ3n) is 2.10. The van der Waals surface area contributed by atoms with Crippen LogP contribution in [-0.4, -0.2) is 23.0 Å². The molecule has 0 saturated heterocycles. The Balaban J connectivity index is 2.85. The molecule has 0 aliphatic heterocycles. The molecule has 16 heavy (non-hydrogen) atoms. The number of esters is 1. The molecule has 4 heteroatoms. The summed E-state index contributed by atoms with van der Waals surface area (Å²) in [5.41, 5.74) is 1.88. The highest BCUT2D eigenvalue weighted by atomic mass is 16.5. The van der Waals surface area contributed by atoms with E-state index in [0.29, 0.717) is 11.7 Å². The van der Waals surface area contributed by atoms with Gasteiger partial charge >= 0.3 is 5.97 Å². The lowest BCUT2D eigenvalue weighted by Crippen LogP contribution is -2.11. The second-order valence-electron chi connectivity index (χ2n) is 4.27. The minimum Gasteiger partial charge on any atom is -0.469 e. The Labute approximate surface area is 96.1 Å². The molecule has 0 spiro atoms. The summed E-state index contributed by atoms with van der Waals surface area (Å²) in [6.45, 7) is 6.18. The topological polar surface area (TPSA) is 52.1 Å². The van der Waals surface area contributed by atoms with Gasteiger partial charge in [0.15, 0.2) is 0 Å². The van der Waals surface area contributed by atoms with Crippen molar-refractivity contribution in [2.45, 2.75) is 33.6 Å². The SMILES string of the molecule is COC(=O)Cc1nc(C)cc(CC(C)C)n1. The molecular formula is C12H18N2O2. The van der Waals surface area contributed by atoms with Crippen molar-refractivity contribution in [2.75, 3.05) is 7.11 Å². The van der Waals surface area contributed by atoms with Crippen molar-refractivity contribution in [2.24, 2.45) is 5.92 Å². The minimum atomic E-state index is -0.305. The van der Waals surface area contributed by atoms with Gasteiger partial charge in [0, 0.05) is 11.4 Å². The van der Waals surface area contributed by atoms with Crippen LogP contribution in [0.25, 0.3) is 0 Å². The molecule has 0 fully saturated rings. The number of nitrogens with zero attached hydrogens (tertiary/aromatic N) is 2. The number of aryl methyl sites for hydroxylation is 1. The first kappa shape index (κ1) is 12.6. The van der Waals surface area contributed by atoms with Gasteiger partial charge in [0.25, 0.3) is 0 Å². The molecule has 88 valence electrons. The molecule has 0 atom stereocenters. The summed E-state index contributed by atoms with van der Waals surface area (Å²) in [5.74, 6) is 0.781. The van der Waals surface area contributed by atoms with Crippen LogP contribution < -0.4 is 0 Å². The van der Waals surface area contributed by atoms with E-state index in [0.717, 1.165) is 17.8 Å². The van der Waals surface area contributed by atoms with Crippen LogP contribution in [0.5, 0.6) is 0 Å². The van der Waals surface area contributed by atoms with Gasteiger partial charge in [0.1, 0.15) is 12.2 Å². The second-order valence-corrected chi connectivity index (χ2v) is 4.27. The van der Waals surface area contributed by atoms with E-state index in [4.69, 9.17) is 0 Å². The smallest absolute Gasteiger partial charge is 0.313 e. The number of carbonyl (C=O) groups excluding carboxylic acids is 1. The van der Waals surface area contributed by atoms with E-state index in [1.165, 1.54) is 7.11 Å². The Bertz CT molecular complexity index is 375. The van der Waals surface area contributed by atoms with E-state index in [1.54, 1.807) is 0 Å². The van der Waals surface area contributed by atoms with E-state index >= 15 is 0 Å². The van der Waals surface area contributed by atoms with E-state index in [2.05, 4.69) is 28.6 Å². The average Bonchev–Trinajstić information content (AvgIpc) is 2.15. The first-order valence-corrected chi connectivity index (χ1v) is 5.41. The number of hydrogen-bond donors (Lipinski definition) is 0. The van der Waals surface area contributed by atoms with Crippen molar-refractivity contribution >= 4 is 5.97 Å². The molecule has 1 rings (SSSR count). The maximum absolute atomic E-state index is 11.1. The van der Waals surface area contributed by atoms with Crippen LogP contribution in [0.15, 0.2) is 6.07 Å². The monoisotopic (exact) mass is 222 g/mol. The zero-order chi connectivity index (χ0) is 12.1. The summed E-state index contributed by atoms with van der Waals surface area (Å²) in [6.07, 6.45) is 1.04. The standard InChI is InChI=1S/C12H18N2O2/c1-8(2)5-10-6-9(3)13-11(14-10)7-12(15)16-4/h6,8H,5,7H2,1-4H3. The van der Waals surface area contributed by atoms with Gasteiger partial charge in [-0.2, -0.15) is 0 Å². The van der Waals surface area contributed by atoms with Crippen LogP contribution in [0, 0.1) is 12.8 Å². The summed E-state index contributed by atoms with van der Waals surface area (Å²) in [6, 6.07) is 1.96. The van der Waals surface area contributed by atoms with Crippen LogP contribution in [0.4, 0.5) is 0 Å². The number of hydrogen-bond acceptors (Lipinski definition) is 4. The molecule has 0 radical (unpaired) electrons. The van der Waals surface area contributed by atoms with Crippen molar-refractivity contribution < 1.29 is 9.53 Å². The molecular weight excluding hydrogens is 204 g/mol. The number of carbonyl (C=O) groups is 1. The van der Waals surface area contributed by atoms with E-state index < -0.39 is 0 Å². The molecule has 0 aliphatic carbocycles. The van der Waals surface area contributed by atoms with Crippen LogP contribution in [-0.2, 0) is 22.4 Å². The minimum absolute atomic E-state index is 0.142. The maximum Gasteiger partial charge on any atom is 0.313 e. The molecule has 0 bridgehead atoms. The maximum atomic E-state index is 11.1. The first-order chi connectivity index (χ1) is 7.51. The van der Waals surface area contributed by atoms with Crippen molar-refractivity contribution in [3.05, 3.63) is 23.3 Å². The predicted molar refractivity (Wildman–Crippen MR) is 61.0 cm³/mol. The number of rotatable bonds is 4. The lowest BCUT2D eigenvalue weighted by Gasteiger charge is -2.07. The second kappa shape index (κ2) is 5.58. The Morgan fingerprint density at radius 2 is 2.12 bits per heavy atom. The van der Waals surface area contributed by atoms with Crippen LogP contribution in [0.1, 0.15) is 31.1 Å². The van der Waals surface area contributed by atoms with Gasteiger partial charge in [0.05, 0.1) is 7.11 Å². The van der Waals surface area contributed by atoms with E-state index in [9.17, 15) is 4.79 Å². The zero-order valence-corrected chi connectivity index (χ0v) is 10.3. The van der Waals surface area contributed by atoms with Gasteiger partial charge in [-0.15, -0.1) is 0 Å². The van der Waals surface area contributed by atoms with Crippen molar-refractivity contribution in [1.29, 1.82) is 0 Å². The molecule has 0 aliphatic rings. The van der Waals surface area contributed by atoms with Crippen LogP contribution in [0.2, 0.25) is 0 Å². The van der Waals surface area contributed by atoms with Gasteiger partial charge in [-0.05, 0) is 25.3 Å². The summed E-state index contributed by atoms with van der Waals surface area (Å²) < 4.78 is 4.60. The lowest BCUT2D eigenvalue weighted by atomic mass is 10.1. The molecule has 0 amide bonds. The molecule has 0 aromatic carbocycles. The van der Waals surface area contributed by atoms with Gasteiger partial charge in [-0.3, -0.25) is 4.79 Å². The highest BCUT2D eigenvalue weighted by Crippen LogP contribution is 2.08. The molecule has 0 saturated carbocycles. The summed E-state index contributed by atoms with van der Waals surface area (Å²) >= 11 is 0. The van der Waals surface area contributed by atoms with Gasteiger partial charge in [-0.25, -0.2) is 9.97 Å². The fraction of sp³-hybridized carbons (Fsp3) is 0.583. The van der Waals surface area contributed by atoms with Crippen molar-refractivity contribution in [3.8, 4) is 0 Å². The highest BCUT2D eigenvalue weighted by molar-refractivity contribution is 5.71. The normalized spacial score (nSPS) is 10.6. The lowest BCUT2D eigenvalue weighted by molar-refractivity contribution is -0.139. The molecule has 0 N–H and O–H groups in total. The Morgan fingerprint density at radius 3 is 2.69 bits per heavy atom. The van der Waals surface area contributed by atoms with Crippen molar-refractivity contribution in [1.82, 2.24) is 9.97 Å². The third kappa shape index (κ3) is 3.96. The largest absolute Gasteiger partial charge is 0.469 e. The van der Waals surface area contributed by atoms with Crippen LogP contribution in [0.3, 0.4) is 0 Å². The summed E-state index contributed by atoms with van der Waals surface area (Å²) in [7, 11) is 1.37. The summed E-state index contributed by atoms with van der Waals surface area (Å²) in [5, 5.41) is 0. The van der Waals surface area contributed by atoms with Gasteiger partial charge in [-0.1, -0.05) is 13.8 Å². The number of ether oxygens (including phenoxy) is 1. The zero-order valence-electron chi connectivity index (χ0n) is 10.3. The average molecular weight is 222 g/mol. The fourth-order valence-corrected chi connectivity index (χ4v) is 1.50. The molecule has 1 aromatic rings. The van der Waals surface area contributed by atoms with E-state index in [-0.39, 0.29) is 12.4 Å². The predicted octanol–water partition coefficient (Wildman–Crippen LogP) is 1.70. The molecule has 1 aromatic heterocycles. The summed E-state index contributed by atoms with van der Waals surface area (Å²) in [4.78, 5) is 19.7. The number of aromatic nitrogens is 2. The van der Waals surface area contributed by atoms with E-state index in [1.807, 2.05) is 13.0 Å². The third-order valence-corrected chi connectivity index (χ3v) is 2.10. The Kier molecular flexibility index (Phi) is 4.40. The molecule has 0 unspecified atom stereocenters. The Morgan fingerprint density at radius 1 is 1.44 bits per heavy atom. The fourth-order valence-electron chi connectivity index (χ4n) is 1.50. The van der Waals surface area contributed by atoms with Crippen molar-refractivity contribution in [3.63, 3.8) is 0 Å². The van der Waals surface area contributed by atoms with Crippen LogP contribution >= 0.6 is 0 Å². The Hall–Kier alpha value is -1.45. The van der Waals surface area contributed by atoms with Gasteiger partial charge < -0.3 is 4.74 Å². The quantitative estimate of drug-likeness (QED) is 0.727. The molecule has 1 heterocycles. The van der Waals surface area contributed by atoms with Gasteiger partial charge in [0.2, 0.25) is 0 Å².